The summed E-state index contributed by atoms with van der Waals surface area (Å²) in [6.45, 7) is 3.43. The molecule has 114 valence electrons. The van der Waals surface area contributed by atoms with E-state index in [4.69, 9.17) is 0 Å². The fourth-order valence-electron chi connectivity index (χ4n) is 2.49. The summed E-state index contributed by atoms with van der Waals surface area (Å²) in [6.07, 6.45) is 0. The van der Waals surface area contributed by atoms with Gasteiger partial charge in [-0.15, -0.1) is 0 Å². The van der Waals surface area contributed by atoms with Gasteiger partial charge >= 0.3 is 6.03 Å². The van der Waals surface area contributed by atoms with E-state index in [-0.39, 0.29) is 5.91 Å². The van der Waals surface area contributed by atoms with Crippen LogP contribution < -0.4 is 10.6 Å². The van der Waals surface area contributed by atoms with E-state index in [0.29, 0.717) is 0 Å². The maximum absolute atomic E-state index is 12.5. The van der Waals surface area contributed by atoms with Gasteiger partial charge in [-0.2, -0.15) is 0 Å². The van der Waals surface area contributed by atoms with Crippen molar-refractivity contribution in [2.75, 3.05) is 40.3 Å². The quantitative estimate of drug-likeness (QED) is 0.847. The lowest BCUT2D eigenvalue weighted by Gasteiger charge is -2.37. The van der Waals surface area contributed by atoms with Crippen molar-refractivity contribution in [2.45, 2.75) is 6.04 Å². The van der Waals surface area contributed by atoms with Crippen molar-refractivity contribution < 1.29 is 9.59 Å². The first kappa shape index (κ1) is 15.5. The summed E-state index contributed by atoms with van der Waals surface area (Å²) < 4.78 is 0. The van der Waals surface area contributed by atoms with Crippen LogP contribution in [-0.4, -0.2) is 62.0 Å². The minimum Gasteiger partial charge on any atom is -0.341 e. The summed E-state index contributed by atoms with van der Waals surface area (Å²) in [5.41, 5.74) is 0.906. The van der Waals surface area contributed by atoms with Crippen molar-refractivity contribution in [2.24, 2.45) is 0 Å². The molecule has 1 aliphatic rings. The molecule has 0 aliphatic carbocycles. The number of carbonyl (C=O) groups is 2. The molecule has 2 N–H and O–H groups in total. The Balaban J connectivity index is 2.18. The number of carbonyl (C=O) groups excluding carboxylic acids is 2. The van der Waals surface area contributed by atoms with E-state index in [1.165, 1.54) is 7.05 Å². The number of imide groups is 1. The Morgan fingerprint density at radius 3 is 2.29 bits per heavy atom. The zero-order chi connectivity index (χ0) is 15.2. The first-order valence-electron chi connectivity index (χ1n) is 7.12. The molecule has 0 radical (unpaired) electrons. The molecule has 6 nitrogen and oxygen atoms in total. The van der Waals surface area contributed by atoms with Gasteiger partial charge in [0.15, 0.2) is 0 Å². The zero-order valence-corrected chi connectivity index (χ0v) is 12.5. The van der Waals surface area contributed by atoms with Crippen LogP contribution in [0.15, 0.2) is 30.3 Å². The second-order valence-corrected chi connectivity index (χ2v) is 5.22. The Morgan fingerprint density at radius 2 is 1.71 bits per heavy atom. The van der Waals surface area contributed by atoms with Crippen LogP contribution in [0.2, 0.25) is 0 Å². The van der Waals surface area contributed by atoms with Crippen LogP contribution >= 0.6 is 0 Å². The van der Waals surface area contributed by atoms with E-state index < -0.39 is 12.1 Å². The molecule has 0 spiro atoms. The average molecular weight is 290 g/mol. The maximum atomic E-state index is 12.5. The summed E-state index contributed by atoms with van der Waals surface area (Å²) in [4.78, 5) is 28.2. The highest BCUT2D eigenvalue weighted by molar-refractivity contribution is 5.97. The van der Waals surface area contributed by atoms with Crippen molar-refractivity contribution in [1.29, 1.82) is 0 Å². The molecular weight excluding hydrogens is 268 g/mol. The lowest BCUT2D eigenvalue weighted by molar-refractivity contribution is -0.126. The second kappa shape index (κ2) is 7.19. The summed E-state index contributed by atoms with van der Waals surface area (Å²) in [7, 11) is 3.56. The average Bonchev–Trinajstić information content (AvgIpc) is 2.50. The Labute approximate surface area is 125 Å². The second-order valence-electron chi connectivity index (χ2n) is 5.22. The third kappa shape index (κ3) is 4.03. The molecule has 0 bridgehead atoms. The van der Waals surface area contributed by atoms with Gasteiger partial charge in [0.05, 0.1) is 0 Å². The molecular formula is C15H22N4O2. The molecule has 1 aliphatic heterocycles. The molecule has 0 unspecified atom stereocenters. The Hall–Kier alpha value is -1.92. The Kier molecular flexibility index (Phi) is 5.30. The van der Waals surface area contributed by atoms with Gasteiger partial charge in [-0.1, -0.05) is 30.3 Å². The molecule has 0 aromatic heterocycles. The topological polar surface area (TPSA) is 64.7 Å². The standard InChI is InChI=1S/C15H22N4O2/c1-16-15(21)17-14(20)13(12-6-4-3-5-7-12)19-10-8-18(2)9-11-19/h3-7,13H,8-11H2,1-2H3,(H2,16,17,20,21)/t13-/m0/s1. The molecule has 0 saturated carbocycles. The van der Waals surface area contributed by atoms with Gasteiger partial charge in [-0.25, -0.2) is 4.79 Å². The fourth-order valence-corrected chi connectivity index (χ4v) is 2.49. The summed E-state index contributed by atoms with van der Waals surface area (Å²) in [6, 6.07) is 8.67. The van der Waals surface area contributed by atoms with Gasteiger partial charge in [0, 0.05) is 33.2 Å². The molecule has 1 saturated heterocycles. The summed E-state index contributed by atoms with van der Waals surface area (Å²) in [5.74, 6) is -0.287. The number of rotatable bonds is 3. The van der Waals surface area contributed by atoms with Gasteiger partial charge in [0.1, 0.15) is 6.04 Å². The zero-order valence-electron chi connectivity index (χ0n) is 12.5. The van der Waals surface area contributed by atoms with E-state index in [0.717, 1.165) is 31.7 Å². The Bertz CT molecular complexity index is 484. The first-order chi connectivity index (χ1) is 10.1. The molecule has 1 fully saturated rings. The third-order valence-electron chi connectivity index (χ3n) is 3.73. The minimum absolute atomic E-state index is 0.287. The van der Waals surface area contributed by atoms with Crippen LogP contribution in [0, 0.1) is 0 Å². The fraction of sp³-hybridized carbons (Fsp3) is 0.467. The summed E-state index contributed by atoms with van der Waals surface area (Å²) >= 11 is 0. The number of nitrogens with one attached hydrogen (secondary N) is 2. The SMILES string of the molecule is CNC(=O)NC(=O)[C@H](c1ccccc1)N1CCN(C)CC1. The Morgan fingerprint density at radius 1 is 1.10 bits per heavy atom. The van der Waals surface area contributed by atoms with E-state index in [1.54, 1.807) is 0 Å². The highest BCUT2D eigenvalue weighted by Gasteiger charge is 2.30. The normalized spacial score (nSPS) is 18.0. The van der Waals surface area contributed by atoms with Gasteiger partial charge in [-0.05, 0) is 12.6 Å². The number of urea groups is 1. The number of hydrogen-bond acceptors (Lipinski definition) is 4. The van der Waals surface area contributed by atoms with Crippen molar-refractivity contribution in [1.82, 2.24) is 20.4 Å². The van der Waals surface area contributed by atoms with Gasteiger partial charge in [0.2, 0.25) is 5.91 Å². The molecule has 3 amide bonds. The molecule has 21 heavy (non-hydrogen) atoms. The van der Waals surface area contributed by atoms with E-state index in [2.05, 4.69) is 27.5 Å². The van der Waals surface area contributed by atoms with Crippen molar-refractivity contribution in [3.8, 4) is 0 Å². The van der Waals surface area contributed by atoms with Crippen LogP contribution in [0.3, 0.4) is 0 Å². The molecule has 1 aromatic carbocycles. The molecule has 6 heteroatoms. The van der Waals surface area contributed by atoms with E-state index in [9.17, 15) is 9.59 Å². The monoisotopic (exact) mass is 290 g/mol. The van der Waals surface area contributed by atoms with Crippen LogP contribution in [0.5, 0.6) is 0 Å². The number of likely N-dealkylation sites (N-methyl/N-ethyl adjacent to an activating group) is 1. The van der Waals surface area contributed by atoms with Crippen molar-refractivity contribution in [3.05, 3.63) is 35.9 Å². The number of hydrogen-bond donors (Lipinski definition) is 2. The molecule has 1 aromatic rings. The largest absolute Gasteiger partial charge is 0.341 e. The first-order valence-corrected chi connectivity index (χ1v) is 7.12. The summed E-state index contributed by atoms with van der Waals surface area (Å²) in [5, 5.41) is 4.81. The lowest BCUT2D eigenvalue weighted by atomic mass is 10.0. The van der Waals surface area contributed by atoms with Gasteiger partial charge < -0.3 is 10.2 Å². The number of benzene rings is 1. The number of nitrogens with zero attached hydrogens (tertiary/aromatic N) is 2. The van der Waals surface area contributed by atoms with Crippen LogP contribution in [-0.2, 0) is 4.79 Å². The van der Waals surface area contributed by atoms with Crippen LogP contribution in [0.1, 0.15) is 11.6 Å². The predicted molar refractivity (Wildman–Crippen MR) is 80.9 cm³/mol. The van der Waals surface area contributed by atoms with Crippen LogP contribution in [0.4, 0.5) is 4.79 Å². The van der Waals surface area contributed by atoms with Gasteiger partial charge in [0.25, 0.3) is 0 Å². The maximum Gasteiger partial charge on any atom is 0.321 e. The molecule has 2 rings (SSSR count). The van der Waals surface area contributed by atoms with Crippen molar-refractivity contribution in [3.63, 3.8) is 0 Å². The highest BCUT2D eigenvalue weighted by atomic mass is 16.2. The van der Waals surface area contributed by atoms with Crippen LogP contribution in [0.25, 0.3) is 0 Å². The lowest BCUT2D eigenvalue weighted by Crippen LogP contribution is -2.51. The smallest absolute Gasteiger partial charge is 0.321 e. The molecule has 1 atom stereocenters. The number of amides is 3. The van der Waals surface area contributed by atoms with Crippen molar-refractivity contribution >= 4 is 11.9 Å². The van der Waals surface area contributed by atoms with E-state index >= 15 is 0 Å². The third-order valence-corrected chi connectivity index (χ3v) is 3.73. The van der Waals surface area contributed by atoms with E-state index in [1.807, 2.05) is 30.3 Å². The highest BCUT2D eigenvalue weighted by Crippen LogP contribution is 2.22. The predicted octanol–water partition coefficient (Wildman–Crippen LogP) is 0.431. The minimum atomic E-state index is -0.477. The number of piperazine rings is 1. The van der Waals surface area contributed by atoms with Gasteiger partial charge in [-0.3, -0.25) is 15.0 Å². The molecule has 1 heterocycles.